The number of carbonyl (C=O) groups excluding carboxylic acids is 9. The molecule has 3 heterocycles. The minimum absolute atomic E-state index is 0.00442. The van der Waals surface area contributed by atoms with Gasteiger partial charge in [-0.05, 0) is 87.3 Å². The lowest BCUT2D eigenvalue weighted by Crippen LogP contribution is -2.63. The number of carboxylic acid groups (broad SMARTS) is 1. The van der Waals surface area contributed by atoms with Gasteiger partial charge in [0.15, 0.2) is 5.72 Å². The number of aliphatic carboxylic acids is 1. The molecule has 3 aliphatic heterocycles. The molecule has 88 heavy (non-hydrogen) atoms. The molecule has 484 valence electrons. The number of urea groups is 1. The number of amides is 9. The van der Waals surface area contributed by atoms with Crippen LogP contribution in [0.2, 0.25) is 5.02 Å². The number of epoxide rings is 1. The summed E-state index contributed by atoms with van der Waals surface area (Å²) in [6.07, 6.45) is -0.0823. The number of methoxy groups -OCH3 is 2. The number of aliphatic hydroxyl groups is 1. The lowest BCUT2D eigenvalue weighted by Gasteiger charge is -2.42. The molecular weight excluding hydrogens is 1170 g/mol. The zero-order chi connectivity index (χ0) is 65.2. The van der Waals surface area contributed by atoms with E-state index in [1.807, 2.05) is 13.0 Å². The van der Waals surface area contributed by atoms with E-state index in [0.717, 1.165) is 16.0 Å². The second-order valence-corrected chi connectivity index (χ2v) is 23.2. The van der Waals surface area contributed by atoms with Gasteiger partial charge in [0.2, 0.25) is 29.5 Å². The van der Waals surface area contributed by atoms with Gasteiger partial charge in [-0.25, -0.2) is 14.4 Å². The molecule has 0 aliphatic carbocycles. The lowest BCUT2D eigenvalue weighted by molar-refractivity contribution is -0.157. The van der Waals surface area contributed by atoms with Gasteiger partial charge >= 0.3 is 30.2 Å². The highest BCUT2D eigenvalue weighted by atomic mass is 35.5. The van der Waals surface area contributed by atoms with Crippen molar-refractivity contribution in [2.24, 2.45) is 17.6 Å². The van der Waals surface area contributed by atoms with Crippen LogP contribution in [0.5, 0.6) is 5.75 Å². The smallest absolute Gasteiger partial charge is 0.409 e. The van der Waals surface area contributed by atoms with Crippen molar-refractivity contribution >= 4 is 82.7 Å². The predicted molar refractivity (Wildman–Crippen MR) is 320 cm³/mol. The summed E-state index contributed by atoms with van der Waals surface area (Å²) in [6, 6.07) is 6.88. The molecule has 3 aliphatic rings. The second kappa shape index (κ2) is 32.3. The van der Waals surface area contributed by atoms with E-state index in [0.29, 0.717) is 35.5 Å². The van der Waals surface area contributed by atoms with E-state index in [-0.39, 0.29) is 75.6 Å². The maximum atomic E-state index is 14.3. The zero-order valence-electron chi connectivity index (χ0n) is 51.4. The molecule has 0 radical (unpaired) electrons. The van der Waals surface area contributed by atoms with Crippen LogP contribution in [0.25, 0.3) is 0 Å². The maximum absolute atomic E-state index is 14.3. The van der Waals surface area contributed by atoms with Crippen LogP contribution in [-0.4, -0.2) is 183 Å². The Morgan fingerprint density at radius 3 is 2.31 bits per heavy atom. The van der Waals surface area contributed by atoms with Crippen molar-refractivity contribution in [3.8, 4) is 5.75 Å². The molecule has 0 saturated carbocycles. The molecule has 9 atom stereocenters. The van der Waals surface area contributed by atoms with Crippen LogP contribution >= 0.6 is 11.6 Å². The number of rotatable bonds is 25. The number of nitrogens with one attached hydrogen (secondary N) is 5. The summed E-state index contributed by atoms with van der Waals surface area (Å²) in [5.41, 5.74) is 4.73. The molecular formula is C60H84ClN9O18. The summed E-state index contributed by atoms with van der Waals surface area (Å²) in [5, 5.41) is 33.9. The number of benzene rings is 2. The number of primary amides is 1. The number of alkyl carbamates (subject to hydrolysis) is 1. The maximum Gasteiger partial charge on any atom is 0.409 e. The summed E-state index contributed by atoms with van der Waals surface area (Å²) < 4.78 is 34.7. The molecule has 4 bridgehead atoms. The summed E-state index contributed by atoms with van der Waals surface area (Å²) in [7, 11) is 7.16. The average molecular weight is 1250 g/mol. The summed E-state index contributed by atoms with van der Waals surface area (Å²) in [6.45, 7) is 7.94. The number of allylic oxidation sites excluding steroid dienone is 3. The van der Waals surface area contributed by atoms with Crippen LogP contribution in [0.1, 0.15) is 104 Å². The Morgan fingerprint density at radius 1 is 0.966 bits per heavy atom. The van der Waals surface area contributed by atoms with E-state index >= 15 is 0 Å². The minimum Gasteiger partial charge on any atom is -0.495 e. The monoisotopic (exact) mass is 1250 g/mol. The first kappa shape index (κ1) is 70.7. The number of halogens is 1. The molecule has 27 nitrogen and oxygen atoms in total. The third-order valence-electron chi connectivity index (χ3n) is 15.5. The Kier molecular flexibility index (Phi) is 26.0. The molecule has 9 N–H and O–H groups in total. The summed E-state index contributed by atoms with van der Waals surface area (Å²) in [4.78, 5) is 133. The van der Waals surface area contributed by atoms with Crippen LogP contribution < -0.4 is 42.0 Å². The topological polar surface area (TPSA) is 366 Å². The first-order chi connectivity index (χ1) is 41.5. The van der Waals surface area contributed by atoms with E-state index in [9.17, 15) is 53.1 Å². The number of carbonyl (C=O) groups is 10. The number of nitrogens with two attached hydrogens (primary N) is 1. The van der Waals surface area contributed by atoms with Gasteiger partial charge in [-0.2, -0.15) is 0 Å². The SMILES string of the molecule is COc1cc2cc(c1Cl)N(C)C(=O)C[C@H](OC(=O)CN(C)C(=O)CCN(C)C(=O)OCc1ccc(NC(=O)[C@H](CCCNC(N)=O)NC(=O)[C@@H](NC(=O)CCCCC(=O)O)C(C)C)cc1)[C@]1(C)O[C@H]1[C@H](C)[C@@H]1C[C@@](O)(NC(=O)O1)[C@H](OC)/C=C/C=C(\C)C2. The third kappa shape index (κ3) is 20.3. The van der Waals surface area contributed by atoms with Gasteiger partial charge < -0.3 is 80.3 Å². The van der Waals surface area contributed by atoms with E-state index in [1.54, 1.807) is 76.2 Å². The molecule has 9 amide bonds. The van der Waals surface area contributed by atoms with Gasteiger partial charge in [0.05, 0.1) is 25.3 Å². The van der Waals surface area contributed by atoms with E-state index in [2.05, 4.69) is 26.6 Å². The lowest BCUT2D eigenvalue weighted by atomic mass is 9.83. The summed E-state index contributed by atoms with van der Waals surface area (Å²) in [5.74, 6) is -5.32. The highest BCUT2D eigenvalue weighted by Gasteiger charge is 2.64. The van der Waals surface area contributed by atoms with Gasteiger partial charge in [-0.1, -0.05) is 68.3 Å². The molecule has 0 spiro atoms. The fourth-order valence-electron chi connectivity index (χ4n) is 10.2. The number of hydrogen-bond donors (Lipinski definition) is 8. The van der Waals surface area contributed by atoms with Crippen molar-refractivity contribution in [3.05, 3.63) is 76.3 Å². The van der Waals surface area contributed by atoms with Gasteiger partial charge in [-0.15, -0.1) is 0 Å². The molecule has 2 saturated heterocycles. The average Bonchev–Trinajstić information content (AvgIpc) is 1.58. The standard InChI is InChI=1S/C60H84ClN9O18/c1-34(2)52(66-46(71)18-11-12-19-49(74)75)55(78)65-40(16-14-25-63-56(62)79)54(77)64-39-22-20-37(21-23-39)33-85-58(81)68(6)26-24-47(72)69(7)32-50(76)87-45-30-48(73)70(8)41-28-38(29-42(83-9)51(41)61)27-35(3)15-13-17-44(84-10)60(82)31-43(86-57(80)67-60)36(4)53-59(45,5)88-53/h13,15,17,20-23,28-29,34,36,40,43-45,52-53,82H,11-12,14,16,18-19,24-27,30-33H2,1-10H3,(H,64,77)(H,65,78)(H,66,71)(H,67,80)(H,74,75)(H3,62,63,79)/b17-13+,35-15+/t36-,40+,43+,44-,45+,52+,53+,59+,60+/m1/s1. The van der Waals surface area contributed by atoms with Crippen molar-refractivity contribution in [1.29, 1.82) is 0 Å². The molecule has 2 aromatic carbocycles. The fourth-order valence-corrected chi connectivity index (χ4v) is 10.5. The van der Waals surface area contributed by atoms with Crippen molar-refractivity contribution in [3.63, 3.8) is 0 Å². The highest BCUT2D eigenvalue weighted by molar-refractivity contribution is 6.35. The van der Waals surface area contributed by atoms with Crippen molar-refractivity contribution in [2.45, 2.75) is 153 Å². The van der Waals surface area contributed by atoms with Gasteiger partial charge in [0, 0.05) is 78.6 Å². The highest BCUT2D eigenvalue weighted by Crippen LogP contribution is 2.49. The molecule has 2 aromatic rings. The van der Waals surface area contributed by atoms with Crippen LogP contribution in [0, 0.1) is 11.8 Å². The number of hydrogen-bond acceptors (Lipinski definition) is 17. The van der Waals surface area contributed by atoms with Gasteiger partial charge in [0.25, 0.3) is 0 Å². The Hall–Kier alpha value is -8.01. The Bertz CT molecular complexity index is 2930. The van der Waals surface area contributed by atoms with E-state index in [4.69, 9.17) is 50.9 Å². The van der Waals surface area contributed by atoms with E-state index in [1.165, 1.54) is 45.2 Å². The number of unbranched alkanes of at least 4 members (excludes halogenated alkanes) is 1. The summed E-state index contributed by atoms with van der Waals surface area (Å²) >= 11 is 6.81. The quantitative estimate of drug-likeness (QED) is 0.0295. The number of ether oxygens (including phenoxy) is 6. The largest absolute Gasteiger partial charge is 0.495 e. The molecule has 2 fully saturated rings. The number of anilines is 2. The first-order valence-electron chi connectivity index (χ1n) is 28.9. The molecule has 5 rings (SSSR count). The Morgan fingerprint density at radius 2 is 1.66 bits per heavy atom. The number of carboxylic acids is 1. The third-order valence-corrected chi connectivity index (χ3v) is 15.9. The first-order valence-corrected chi connectivity index (χ1v) is 29.3. The number of likely N-dealkylation sites (N-methyl/N-ethyl adjacent to an activating group) is 1. The fraction of sp³-hybridized carbons (Fsp3) is 0.567. The predicted octanol–water partition coefficient (Wildman–Crippen LogP) is 4.44. The molecule has 28 heteroatoms. The van der Waals surface area contributed by atoms with Crippen LogP contribution in [0.3, 0.4) is 0 Å². The zero-order valence-corrected chi connectivity index (χ0v) is 52.2. The Balaban J connectivity index is 1.19. The van der Waals surface area contributed by atoms with Gasteiger partial charge in [-0.3, -0.25) is 38.9 Å². The second-order valence-electron chi connectivity index (χ2n) is 22.8. The van der Waals surface area contributed by atoms with Crippen LogP contribution in [-0.2, 0) is 70.3 Å². The minimum atomic E-state index is -1.91. The number of nitrogens with zero attached hydrogens (tertiary/aromatic N) is 3. The molecule has 0 aromatic heterocycles. The van der Waals surface area contributed by atoms with Crippen LogP contribution in [0.4, 0.5) is 25.8 Å². The van der Waals surface area contributed by atoms with Crippen molar-refractivity contribution in [2.75, 3.05) is 65.2 Å². The number of fused-ring (bicyclic) bond motifs is 5. The molecule has 0 unspecified atom stereocenters. The van der Waals surface area contributed by atoms with Gasteiger partial charge in [0.1, 0.15) is 59.9 Å². The van der Waals surface area contributed by atoms with Crippen molar-refractivity contribution < 1.29 is 86.6 Å². The number of esters is 1. The van der Waals surface area contributed by atoms with E-state index < -0.39 is 126 Å². The van der Waals surface area contributed by atoms with Crippen molar-refractivity contribution in [1.82, 2.24) is 31.1 Å². The normalized spacial score (nSPS) is 23.4. The van der Waals surface area contributed by atoms with Crippen LogP contribution in [0.15, 0.2) is 60.2 Å². The Labute approximate surface area is 516 Å².